The highest BCUT2D eigenvalue weighted by Gasteiger charge is 2.68. The van der Waals surface area contributed by atoms with E-state index in [1.54, 1.807) is 20.8 Å². The largest absolute Gasteiger partial charge is 0.480 e. The first-order chi connectivity index (χ1) is 10.1. The van der Waals surface area contributed by atoms with Gasteiger partial charge in [0.2, 0.25) is 0 Å². The van der Waals surface area contributed by atoms with Gasteiger partial charge in [-0.15, -0.1) is 6.58 Å². The number of nitrogens with zero attached hydrogens (tertiary/aromatic N) is 2. The van der Waals surface area contributed by atoms with Crippen LogP contribution in [0.3, 0.4) is 0 Å². The molecule has 2 aliphatic rings. The van der Waals surface area contributed by atoms with Crippen molar-refractivity contribution >= 4 is 12.1 Å². The average molecular weight is 310 g/mol. The number of amides is 1. The molecule has 6 nitrogen and oxygen atoms in total. The van der Waals surface area contributed by atoms with E-state index in [0.29, 0.717) is 6.42 Å². The van der Waals surface area contributed by atoms with Gasteiger partial charge >= 0.3 is 12.1 Å². The molecule has 1 saturated heterocycles. The van der Waals surface area contributed by atoms with Gasteiger partial charge in [0.05, 0.1) is 0 Å². The van der Waals surface area contributed by atoms with Gasteiger partial charge < -0.3 is 14.7 Å². The summed E-state index contributed by atoms with van der Waals surface area (Å²) in [5, 5.41) is 9.44. The van der Waals surface area contributed by atoms with Gasteiger partial charge in [0, 0.05) is 24.5 Å². The fourth-order valence-electron chi connectivity index (χ4n) is 3.47. The number of aliphatic carboxylic acids is 1. The SMILES string of the molecule is C=CCN(C)C[C@]12CC1N(C(=O)OC(C)(C)C)[C@H](C(=O)O)C2. The van der Waals surface area contributed by atoms with Gasteiger partial charge in [-0.1, -0.05) is 6.08 Å². The van der Waals surface area contributed by atoms with Crippen molar-refractivity contribution in [3.05, 3.63) is 12.7 Å². The summed E-state index contributed by atoms with van der Waals surface area (Å²) in [5.74, 6) is -0.955. The lowest BCUT2D eigenvalue weighted by molar-refractivity contribution is -0.142. The Hall–Kier alpha value is -1.56. The van der Waals surface area contributed by atoms with E-state index in [0.717, 1.165) is 19.5 Å². The summed E-state index contributed by atoms with van der Waals surface area (Å²) in [6.45, 7) is 10.6. The summed E-state index contributed by atoms with van der Waals surface area (Å²) >= 11 is 0. The van der Waals surface area contributed by atoms with Crippen LogP contribution in [0.5, 0.6) is 0 Å². The number of rotatable bonds is 5. The van der Waals surface area contributed by atoms with Crippen molar-refractivity contribution < 1.29 is 19.4 Å². The molecule has 2 rings (SSSR count). The summed E-state index contributed by atoms with van der Waals surface area (Å²) < 4.78 is 5.39. The molecule has 3 atom stereocenters. The Kier molecular flexibility index (Phi) is 4.26. The average Bonchev–Trinajstić information content (AvgIpc) is 2.91. The van der Waals surface area contributed by atoms with Crippen LogP contribution in [-0.4, -0.2) is 64.8 Å². The van der Waals surface area contributed by atoms with Crippen LogP contribution in [-0.2, 0) is 9.53 Å². The minimum atomic E-state index is -0.955. The number of carboxylic acid groups (broad SMARTS) is 1. The van der Waals surface area contributed by atoms with E-state index in [1.165, 1.54) is 4.90 Å². The van der Waals surface area contributed by atoms with Crippen molar-refractivity contribution in [3.8, 4) is 0 Å². The zero-order valence-electron chi connectivity index (χ0n) is 13.8. The maximum Gasteiger partial charge on any atom is 0.411 e. The second-order valence-corrected chi connectivity index (χ2v) is 7.51. The fraction of sp³-hybridized carbons (Fsp3) is 0.750. The predicted octanol–water partition coefficient (Wildman–Crippen LogP) is 1.96. The number of hydrogen-bond donors (Lipinski definition) is 1. The van der Waals surface area contributed by atoms with Crippen molar-refractivity contribution in [2.24, 2.45) is 5.41 Å². The summed E-state index contributed by atoms with van der Waals surface area (Å²) in [6.07, 6.45) is 2.64. The van der Waals surface area contributed by atoms with E-state index >= 15 is 0 Å². The Morgan fingerprint density at radius 1 is 1.45 bits per heavy atom. The number of hydrogen-bond acceptors (Lipinski definition) is 4. The maximum absolute atomic E-state index is 12.4. The number of likely N-dealkylation sites (N-methyl/N-ethyl adjacent to an activating group) is 1. The lowest BCUT2D eigenvalue weighted by Crippen LogP contribution is -2.45. The molecule has 1 amide bonds. The maximum atomic E-state index is 12.4. The third-order valence-corrected chi connectivity index (χ3v) is 4.33. The highest BCUT2D eigenvalue weighted by Crippen LogP contribution is 2.60. The standard InChI is InChI=1S/C16H26N2O4/c1-6-7-17(5)10-16-8-11(13(19)20)18(12(16)9-16)14(21)22-15(2,3)4/h6,11-12H,1,7-10H2,2-5H3,(H,19,20)/t11-,12?,16-/m0/s1. The number of piperidine rings is 1. The first-order valence-corrected chi connectivity index (χ1v) is 7.63. The molecule has 0 spiro atoms. The third kappa shape index (κ3) is 3.27. The third-order valence-electron chi connectivity index (χ3n) is 4.33. The van der Waals surface area contributed by atoms with E-state index in [4.69, 9.17) is 4.74 Å². The van der Waals surface area contributed by atoms with Gasteiger partial charge in [-0.05, 0) is 40.7 Å². The Morgan fingerprint density at radius 3 is 2.59 bits per heavy atom. The van der Waals surface area contributed by atoms with Crippen LogP contribution in [0.2, 0.25) is 0 Å². The van der Waals surface area contributed by atoms with Crippen molar-refractivity contribution in [2.45, 2.75) is 51.3 Å². The molecule has 2 fully saturated rings. The molecule has 1 aliphatic carbocycles. The lowest BCUT2D eigenvalue weighted by Gasteiger charge is -2.28. The summed E-state index contributed by atoms with van der Waals surface area (Å²) in [7, 11) is 1.98. The summed E-state index contributed by atoms with van der Waals surface area (Å²) in [4.78, 5) is 27.5. The summed E-state index contributed by atoms with van der Waals surface area (Å²) in [6, 6.07) is -0.818. The van der Waals surface area contributed by atoms with Crippen LogP contribution in [0.15, 0.2) is 12.7 Å². The molecule has 1 aliphatic heterocycles. The van der Waals surface area contributed by atoms with Gasteiger partial charge in [0.15, 0.2) is 0 Å². The van der Waals surface area contributed by atoms with Crippen LogP contribution < -0.4 is 0 Å². The van der Waals surface area contributed by atoms with E-state index in [1.807, 2.05) is 13.1 Å². The van der Waals surface area contributed by atoms with Crippen molar-refractivity contribution in [2.75, 3.05) is 20.1 Å². The van der Waals surface area contributed by atoms with Crippen molar-refractivity contribution in [1.29, 1.82) is 0 Å². The Balaban J connectivity index is 2.12. The highest BCUT2D eigenvalue weighted by atomic mass is 16.6. The smallest absolute Gasteiger partial charge is 0.411 e. The lowest BCUT2D eigenvalue weighted by atomic mass is 9.99. The van der Waals surface area contributed by atoms with Crippen LogP contribution in [0.25, 0.3) is 0 Å². The molecule has 6 heteroatoms. The molecular formula is C16H26N2O4. The normalized spacial score (nSPS) is 30.1. The van der Waals surface area contributed by atoms with Crippen LogP contribution >= 0.6 is 0 Å². The number of carbonyl (C=O) groups is 2. The molecule has 1 N–H and O–H groups in total. The molecule has 1 saturated carbocycles. The summed E-state index contributed by atoms with van der Waals surface area (Å²) in [5.41, 5.74) is -0.738. The van der Waals surface area contributed by atoms with E-state index in [9.17, 15) is 14.7 Å². The van der Waals surface area contributed by atoms with E-state index in [-0.39, 0.29) is 11.5 Å². The minimum absolute atomic E-state index is 0.0317. The quantitative estimate of drug-likeness (QED) is 0.786. The molecular weight excluding hydrogens is 284 g/mol. The predicted molar refractivity (Wildman–Crippen MR) is 82.6 cm³/mol. The van der Waals surface area contributed by atoms with Crippen molar-refractivity contribution in [1.82, 2.24) is 9.80 Å². The van der Waals surface area contributed by atoms with Crippen LogP contribution in [0.1, 0.15) is 33.6 Å². The molecule has 0 aromatic heterocycles. The van der Waals surface area contributed by atoms with Crippen LogP contribution in [0, 0.1) is 5.41 Å². The Bertz CT molecular complexity index is 485. The molecule has 0 aromatic rings. The fourth-order valence-corrected chi connectivity index (χ4v) is 3.47. The van der Waals surface area contributed by atoms with Gasteiger partial charge in [-0.2, -0.15) is 0 Å². The van der Waals surface area contributed by atoms with Crippen molar-refractivity contribution in [3.63, 3.8) is 0 Å². The first-order valence-electron chi connectivity index (χ1n) is 7.63. The number of carboxylic acids is 1. The van der Waals surface area contributed by atoms with Gasteiger partial charge in [-0.25, -0.2) is 9.59 Å². The number of fused-ring (bicyclic) bond motifs is 1. The van der Waals surface area contributed by atoms with E-state index in [2.05, 4.69) is 11.5 Å². The first kappa shape index (κ1) is 16.8. The molecule has 0 radical (unpaired) electrons. The second-order valence-electron chi connectivity index (χ2n) is 7.51. The van der Waals surface area contributed by atoms with E-state index < -0.39 is 23.7 Å². The Morgan fingerprint density at radius 2 is 2.09 bits per heavy atom. The molecule has 124 valence electrons. The molecule has 22 heavy (non-hydrogen) atoms. The van der Waals surface area contributed by atoms with Gasteiger partial charge in [-0.3, -0.25) is 4.90 Å². The second kappa shape index (κ2) is 5.57. The minimum Gasteiger partial charge on any atom is -0.480 e. The van der Waals surface area contributed by atoms with Gasteiger partial charge in [0.1, 0.15) is 11.6 Å². The number of likely N-dealkylation sites (tertiary alicyclic amines) is 1. The monoisotopic (exact) mass is 310 g/mol. The number of ether oxygens (including phenoxy) is 1. The van der Waals surface area contributed by atoms with Gasteiger partial charge in [0.25, 0.3) is 0 Å². The number of carbonyl (C=O) groups excluding carboxylic acids is 1. The molecule has 1 heterocycles. The highest BCUT2D eigenvalue weighted by molar-refractivity contribution is 5.82. The topological polar surface area (TPSA) is 70.1 Å². The van der Waals surface area contributed by atoms with Crippen LogP contribution in [0.4, 0.5) is 4.79 Å². The molecule has 0 bridgehead atoms. The zero-order chi connectivity index (χ0) is 16.7. The Labute approximate surface area is 131 Å². The zero-order valence-corrected chi connectivity index (χ0v) is 13.8. The molecule has 0 aromatic carbocycles. The molecule has 1 unspecified atom stereocenters.